The number of hydrogen-bond acceptors (Lipinski definition) is 5. The molecule has 0 aliphatic carbocycles. The molecule has 0 bridgehead atoms. The summed E-state index contributed by atoms with van der Waals surface area (Å²) in [6, 6.07) is 0.990. The molecule has 0 radical (unpaired) electrons. The number of rotatable bonds is 3. The zero-order chi connectivity index (χ0) is 13.1. The minimum atomic E-state index is -0.645. The summed E-state index contributed by atoms with van der Waals surface area (Å²) in [4.78, 5) is 35.9. The molecule has 2 heterocycles. The van der Waals surface area contributed by atoms with Crippen LogP contribution < -0.4 is 16.1 Å². The van der Waals surface area contributed by atoms with Crippen molar-refractivity contribution < 1.29 is 39.9 Å². The third kappa shape index (κ3) is 3.81. The molecular formula is C10H11N3O5Pd. The summed E-state index contributed by atoms with van der Waals surface area (Å²) in [6.45, 7) is 0.464. The van der Waals surface area contributed by atoms with E-state index in [0.29, 0.717) is 6.54 Å². The Labute approximate surface area is 121 Å². The zero-order valence-corrected chi connectivity index (χ0v) is 11.1. The van der Waals surface area contributed by atoms with Gasteiger partial charge in [0.15, 0.2) is 5.75 Å². The molecular weight excluding hydrogens is 349 g/mol. The number of carbonyl (C=O) groups excluding carboxylic acids is 2. The fourth-order valence-corrected chi connectivity index (χ4v) is 1.44. The number of amides is 2. The Morgan fingerprint density at radius 3 is 2.84 bits per heavy atom. The van der Waals surface area contributed by atoms with Gasteiger partial charge in [0.1, 0.15) is 11.8 Å². The van der Waals surface area contributed by atoms with E-state index in [1.165, 1.54) is 0 Å². The van der Waals surface area contributed by atoms with Crippen LogP contribution in [0.4, 0.5) is 4.79 Å². The van der Waals surface area contributed by atoms with Gasteiger partial charge in [-0.05, 0) is 0 Å². The third-order valence-corrected chi connectivity index (χ3v) is 2.37. The smallest absolute Gasteiger partial charge is 0.407 e. The van der Waals surface area contributed by atoms with Gasteiger partial charge in [0.2, 0.25) is 5.43 Å². The van der Waals surface area contributed by atoms with Crippen LogP contribution in [0.5, 0.6) is 5.75 Å². The minimum Gasteiger partial charge on any atom is -0.503 e. The first-order valence-electron chi connectivity index (χ1n) is 5.20. The SMILES string of the molecule is O=C1NCC(CNC(=O)c2cc(=O)c(O)c[nH]2)O1.[Pd]. The summed E-state index contributed by atoms with van der Waals surface area (Å²) in [5.74, 6) is -0.976. The van der Waals surface area contributed by atoms with Crippen LogP contribution in [0, 0.1) is 0 Å². The molecule has 1 aliphatic heterocycles. The molecule has 0 aromatic carbocycles. The summed E-state index contributed by atoms with van der Waals surface area (Å²) >= 11 is 0. The number of nitrogens with one attached hydrogen (secondary N) is 3. The maximum Gasteiger partial charge on any atom is 0.407 e. The van der Waals surface area contributed by atoms with E-state index in [2.05, 4.69) is 15.6 Å². The van der Waals surface area contributed by atoms with E-state index in [0.717, 1.165) is 12.3 Å². The predicted octanol–water partition coefficient (Wildman–Crippen LogP) is -1.08. The van der Waals surface area contributed by atoms with Crippen molar-refractivity contribution in [3.63, 3.8) is 0 Å². The Balaban J connectivity index is 0.00000180. The molecule has 1 atom stereocenters. The fraction of sp³-hybridized carbons (Fsp3) is 0.300. The number of alkyl carbamates (subject to hydrolysis) is 1. The van der Waals surface area contributed by atoms with E-state index in [1.54, 1.807) is 0 Å². The second kappa shape index (κ2) is 6.36. The third-order valence-electron chi connectivity index (χ3n) is 2.37. The van der Waals surface area contributed by atoms with E-state index < -0.39 is 29.3 Å². The molecule has 0 spiro atoms. The number of cyclic esters (lactones) is 1. The van der Waals surface area contributed by atoms with Crippen LogP contribution in [-0.4, -0.2) is 41.3 Å². The average molecular weight is 360 g/mol. The fourth-order valence-electron chi connectivity index (χ4n) is 1.44. The molecule has 1 unspecified atom stereocenters. The molecule has 4 N–H and O–H groups in total. The first kappa shape index (κ1) is 15.2. The van der Waals surface area contributed by atoms with Gasteiger partial charge in [0, 0.05) is 32.7 Å². The summed E-state index contributed by atoms with van der Waals surface area (Å²) in [6.07, 6.45) is 0.0894. The van der Waals surface area contributed by atoms with Crippen LogP contribution in [0.25, 0.3) is 0 Å². The zero-order valence-electron chi connectivity index (χ0n) is 9.54. The van der Waals surface area contributed by atoms with Crippen molar-refractivity contribution in [3.8, 4) is 5.75 Å². The first-order chi connectivity index (χ1) is 8.56. The maximum atomic E-state index is 11.6. The van der Waals surface area contributed by atoms with Gasteiger partial charge in [-0.2, -0.15) is 0 Å². The van der Waals surface area contributed by atoms with E-state index >= 15 is 0 Å². The van der Waals surface area contributed by atoms with E-state index in [1.807, 2.05) is 0 Å². The second-order valence-electron chi connectivity index (χ2n) is 3.71. The van der Waals surface area contributed by atoms with Crippen molar-refractivity contribution in [1.82, 2.24) is 15.6 Å². The molecule has 2 rings (SSSR count). The van der Waals surface area contributed by atoms with Gasteiger partial charge in [-0.15, -0.1) is 0 Å². The molecule has 19 heavy (non-hydrogen) atoms. The molecule has 106 valence electrons. The number of aromatic amines is 1. The summed E-state index contributed by atoms with van der Waals surface area (Å²) in [5, 5.41) is 14.0. The Hall–Kier alpha value is -1.85. The van der Waals surface area contributed by atoms with Gasteiger partial charge >= 0.3 is 6.09 Å². The second-order valence-corrected chi connectivity index (χ2v) is 3.71. The van der Waals surface area contributed by atoms with Gasteiger partial charge in [0.25, 0.3) is 5.91 Å². The average Bonchev–Trinajstić information content (AvgIpc) is 2.75. The Kier molecular flexibility index (Phi) is 5.09. The van der Waals surface area contributed by atoms with Crippen molar-refractivity contribution in [2.75, 3.05) is 13.1 Å². The Morgan fingerprint density at radius 1 is 1.53 bits per heavy atom. The summed E-state index contributed by atoms with van der Waals surface area (Å²) in [7, 11) is 0. The molecule has 9 heteroatoms. The number of aromatic hydroxyl groups is 1. The van der Waals surface area contributed by atoms with E-state index in [4.69, 9.17) is 9.84 Å². The quantitative estimate of drug-likeness (QED) is 0.511. The maximum absolute atomic E-state index is 11.6. The van der Waals surface area contributed by atoms with Crippen molar-refractivity contribution in [2.24, 2.45) is 0 Å². The van der Waals surface area contributed by atoms with Gasteiger partial charge in [-0.3, -0.25) is 9.59 Å². The van der Waals surface area contributed by atoms with Crippen molar-refractivity contribution in [1.29, 1.82) is 0 Å². The molecule has 1 aromatic heterocycles. The number of hydrogen-bond donors (Lipinski definition) is 4. The molecule has 8 nitrogen and oxygen atoms in total. The number of aromatic nitrogens is 1. The summed E-state index contributed by atoms with van der Waals surface area (Å²) in [5.41, 5.74) is -0.622. The van der Waals surface area contributed by atoms with Gasteiger partial charge in [-0.1, -0.05) is 0 Å². The van der Waals surface area contributed by atoms with Crippen LogP contribution in [0.2, 0.25) is 0 Å². The number of ether oxygens (including phenoxy) is 1. The monoisotopic (exact) mass is 359 g/mol. The molecule has 0 saturated carbocycles. The van der Waals surface area contributed by atoms with Gasteiger partial charge in [0.05, 0.1) is 13.1 Å². The van der Waals surface area contributed by atoms with Crippen LogP contribution >= 0.6 is 0 Å². The molecule has 2 amide bonds. The van der Waals surface area contributed by atoms with Crippen LogP contribution in [-0.2, 0) is 25.2 Å². The van der Waals surface area contributed by atoms with E-state index in [9.17, 15) is 14.4 Å². The van der Waals surface area contributed by atoms with Gasteiger partial charge in [-0.25, -0.2) is 4.79 Å². The normalized spacial score (nSPS) is 17.1. The van der Waals surface area contributed by atoms with Crippen LogP contribution in [0.1, 0.15) is 10.5 Å². The molecule has 1 aromatic rings. The van der Waals surface area contributed by atoms with E-state index in [-0.39, 0.29) is 32.7 Å². The first-order valence-corrected chi connectivity index (χ1v) is 5.20. The van der Waals surface area contributed by atoms with Crippen molar-refractivity contribution in [3.05, 3.63) is 28.2 Å². The number of pyridine rings is 1. The van der Waals surface area contributed by atoms with Crippen LogP contribution in [0.15, 0.2) is 17.1 Å². The topological polar surface area (TPSA) is 121 Å². The van der Waals surface area contributed by atoms with Crippen molar-refractivity contribution >= 4 is 12.0 Å². The minimum absolute atomic E-state index is 0. The Morgan fingerprint density at radius 2 is 2.26 bits per heavy atom. The predicted molar refractivity (Wildman–Crippen MR) is 59.3 cm³/mol. The van der Waals surface area contributed by atoms with Crippen molar-refractivity contribution in [2.45, 2.75) is 6.10 Å². The Bertz CT molecular complexity index is 544. The molecule has 1 fully saturated rings. The van der Waals surface area contributed by atoms with Gasteiger partial charge < -0.3 is 25.5 Å². The molecule has 1 saturated heterocycles. The standard InChI is InChI=1S/C10H11N3O5.Pd/c14-7-1-6(11-4-8(7)15)9(16)12-2-5-3-13-10(17)18-5;/h1,4-5,15H,2-3H2,(H,11,14)(H,12,16)(H,13,17);. The number of carbonyl (C=O) groups is 2. The molecule has 1 aliphatic rings. The summed E-state index contributed by atoms with van der Waals surface area (Å²) < 4.78 is 4.81. The number of H-pyrrole nitrogens is 1. The largest absolute Gasteiger partial charge is 0.503 e. The van der Waals surface area contributed by atoms with Crippen LogP contribution in [0.3, 0.4) is 0 Å².